The van der Waals surface area contributed by atoms with Crippen LogP contribution in [0.1, 0.15) is 20.3 Å². The van der Waals surface area contributed by atoms with E-state index in [2.05, 4.69) is 0 Å². The minimum absolute atomic E-state index is 0.139. The molecule has 1 aliphatic rings. The fraction of sp³-hybridized carbons (Fsp3) is 0.857. The fourth-order valence-electron chi connectivity index (χ4n) is 2.09. The molecule has 0 aromatic rings. The number of nitrogens with one attached hydrogen (secondary N) is 1. The van der Waals surface area contributed by atoms with Crippen LogP contribution in [0.5, 0.6) is 0 Å². The van der Waals surface area contributed by atoms with E-state index >= 15 is 0 Å². The van der Waals surface area contributed by atoms with Crippen LogP contribution < -0.4 is 0 Å². The first-order chi connectivity index (χ1) is 10.8. The molecular formula is C14H27N3O5S. The molecule has 3 N–H and O–H groups in total. The number of hydrogen-bond acceptors (Lipinski definition) is 7. The monoisotopic (exact) mass is 349 g/mol. The van der Waals surface area contributed by atoms with Gasteiger partial charge in [-0.2, -0.15) is 0 Å². The van der Waals surface area contributed by atoms with E-state index in [0.717, 1.165) is 11.8 Å². The van der Waals surface area contributed by atoms with Crippen molar-refractivity contribution in [2.24, 2.45) is 0 Å². The normalized spacial score (nSPS) is 27.4. The number of hydrogen-bond donors (Lipinski definition) is 3. The van der Waals surface area contributed by atoms with Gasteiger partial charge < -0.3 is 29.5 Å². The lowest BCUT2D eigenvalue weighted by atomic mass is 10.0. The Morgan fingerprint density at radius 2 is 1.96 bits per heavy atom. The molecule has 1 amide bonds. The van der Waals surface area contributed by atoms with Crippen molar-refractivity contribution in [2.75, 3.05) is 33.8 Å². The Labute approximate surface area is 141 Å². The van der Waals surface area contributed by atoms with Crippen molar-refractivity contribution in [1.29, 1.82) is 5.41 Å². The molecule has 1 saturated heterocycles. The summed E-state index contributed by atoms with van der Waals surface area (Å²) < 4.78 is 10.8. The summed E-state index contributed by atoms with van der Waals surface area (Å²) in [6.07, 6.45) is -3.18. The Morgan fingerprint density at radius 3 is 2.48 bits per heavy atom. The van der Waals surface area contributed by atoms with Crippen LogP contribution in [0.25, 0.3) is 0 Å². The lowest BCUT2D eigenvalue weighted by Crippen LogP contribution is -2.50. The molecule has 23 heavy (non-hydrogen) atoms. The number of amides is 1. The molecule has 0 aromatic carbocycles. The number of aliphatic hydroxyl groups is 2. The summed E-state index contributed by atoms with van der Waals surface area (Å²) in [7, 11) is 3.49. The molecule has 0 saturated carbocycles. The van der Waals surface area contributed by atoms with Crippen molar-refractivity contribution in [2.45, 2.75) is 44.0 Å². The van der Waals surface area contributed by atoms with Gasteiger partial charge in [-0.1, -0.05) is 11.8 Å². The van der Waals surface area contributed by atoms with E-state index in [1.807, 2.05) is 13.8 Å². The maximum absolute atomic E-state index is 11.8. The zero-order valence-electron chi connectivity index (χ0n) is 14.1. The summed E-state index contributed by atoms with van der Waals surface area (Å²) >= 11 is 1.15. The predicted octanol–water partition coefficient (Wildman–Crippen LogP) is 0.531. The van der Waals surface area contributed by atoms with Crippen LogP contribution in [0.4, 0.5) is 4.79 Å². The Balaban J connectivity index is 2.58. The molecule has 0 spiro atoms. The molecule has 4 atom stereocenters. The quantitative estimate of drug-likeness (QED) is 0.491. The standard InChI is InChI=1S/C14H27N3O5S/c1-5-17(6-2)14(20)21-8-10-12(19)9(18)7-11(22-10)23-13(15)16(3)4/h9-12,15,18-19H,5-8H2,1-4H3/t9-,10-,11?,12+/m1/s1. The van der Waals surface area contributed by atoms with Gasteiger partial charge in [0.05, 0.1) is 6.10 Å². The van der Waals surface area contributed by atoms with Gasteiger partial charge >= 0.3 is 6.09 Å². The molecule has 1 fully saturated rings. The first-order valence-electron chi connectivity index (χ1n) is 7.65. The maximum Gasteiger partial charge on any atom is 0.409 e. The fourth-order valence-corrected chi connectivity index (χ4v) is 3.04. The van der Waals surface area contributed by atoms with E-state index in [9.17, 15) is 15.0 Å². The molecule has 0 bridgehead atoms. The molecule has 0 radical (unpaired) electrons. The van der Waals surface area contributed by atoms with Gasteiger partial charge in [-0.25, -0.2) is 4.79 Å². The summed E-state index contributed by atoms with van der Waals surface area (Å²) in [5.41, 5.74) is -0.472. The van der Waals surface area contributed by atoms with Crippen molar-refractivity contribution in [3.05, 3.63) is 0 Å². The van der Waals surface area contributed by atoms with E-state index in [0.29, 0.717) is 13.1 Å². The first-order valence-corrected chi connectivity index (χ1v) is 8.53. The predicted molar refractivity (Wildman–Crippen MR) is 88.6 cm³/mol. The van der Waals surface area contributed by atoms with Gasteiger partial charge in [0.2, 0.25) is 0 Å². The van der Waals surface area contributed by atoms with Crippen molar-refractivity contribution >= 4 is 23.0 Å². The lowest BCUT2D eigenvalue weighted by molar-refractivity contribution is -0.158. The zero-order valence-corrected chi connectivity index (χ0v) is 14.9. The topological polar surface area (TPSA) is 106 Å². The van der Waals surface area contributed by atoms with Gasteiger partial charge in [0.15, 0.2) is 5.17 Å². The summed E-state index contributed by atoms with van der Waals surface area (Å²) in [6, 6.07) is 0. The summed E-state index contributed by atoms with van der Waals surface area (Å²) in [6.45, 7) is 4.62. The number of carbonyl (C=O) groups is 1. The highest BCUT2D eigenvalue weighted by Crippen LogP contribution is 2.29. The SMILES string of the molecule is CCN(CC)C(=O)OC[C@H]1OC(SC(=N)N(C)C)C[C@@H](O)[C@@H]1O. The third kappa shape index (κ3) is 5.83. The number of amidine groups is 1. The molecule has 134 valence electrons. The Bertz CT molecular complexity index is 406. The summed E-state index contributed by atoms with van der Waals surface area (Å²) in [5.74, 6) is 0. The van der Waals surface area contributed by atoms with E-state index < -0.39 is 29.8 Å². The average Bonchev–Trinajstić information content (AvgIpc) is 2.50. The second-order valence-electron chi connectivity index (χ2n) is 5.46. The number of nitrogens with zero attached hydrogens (tertiary/aromatic N) is 2. The average molecular weight is 349 g/mol. The molecule has 1 unspecified atom stereocenters. The molecule has 8 nitrogen and oxygen atoms in total. The molecule has 1 rings (SSSR count). The second kappa shape index (κ2) is 9.31. The lowest BCUT2D eigenvalue weighted by Gasteiger charge is -2.37. The molecule has 0 aromatic heterocycles. The van der Waals surface area contributed by atoms with Gasteiger partial charge in [-0.15, -0.1) is 0 Å². The Hall–Kier alpha value is -1.03. The number of rotatable bonds is 5. The van der Waals surface area contributed by atoms with Gasteiger partial charge in [-0.05, 0) is 13.8 Å². The maximum atomic E-state index is 11.8. The molecule has 1 heterocycles. The third-order valence-electron chi connectivity index (χ3n) is 3.58. The minimum Gasteiger partial charge on any atom is -0.447 e. The van der Waals surface area contributed by atoms with Gasteiger partial charge in [0.1, 0.15) is 24.3 Å². The van der Waals surface area contributed by atoms with Gasteiger partial charge in [0, 0.05) is 33.6 Å². The molecule has 0 aliphatic carbocycles. The Morgan fingerprint density at radius 1 is 1.35 bits per heavy atom. The third-order valence-corrected chi connectivity index (χ3v) is 4.73. The van der Waals surface area contributed by atoms with Gasteiger partial charge in [0.25, 0.3) is 0 Å². The number of aliphatic hydroxyl groups excluding tert-OH is 2. The van der Waals surface area contributed by atoms with Crippen LogP contribution in [-0.2, 0) is 9.47 Å². The van der Waals surface area contributed by atoms with E-state index in [4.69, 9.17) is 14.9 Å². The zero-order chi connectivity index (χ0) is 17.6. The van der Waals surface area contributed by atoms with E-state index in [-0.39, 0.29) is 18.2 Å². The largest absolute Gasteiger partial charge is 0.447 e. The van der Waals surface area contributed by atoms with Crippen LogP contribution in [0.2, 0.25) is 0 Å². The number of ether oxygens (including phenoxy) is 2. The van der Waals surface area contributed by atoms with E-state index in [1.165, 1.54) is 4.90 Å². The smallest absolute Gasteiger partial charge is 0.409 e. The van der Waals surface area contributed by atoms with Crippen molar-refractivity contribution in [3.8, 4) is 0 Å². The van der Waals surface area contributed by atoms with E-state index in [1.54, 1.807) is 19.0 Å². The van der Waals surface area contributed by atoms with Crippen LogP contribution in [-0.4, -0.2) is 88.8 Å². The van der Waals surface area contributed by atoms with Crippen LogP contribution in [0, 0.1) is 5.41 Å². The van der Waals surface area contributed by atoms with Crippen LogP contribution >= 0.6 is 11.8 Å². The number of thioether (sulfide) groups is 1. The van der Waals surface area contributed by atoms with Crippen LogP contribution in [0.3, 0.4) is 0 Å². The number of carbonyl (C=O) groups excluding carboxylic acids is 1. The highest BCUT2D eigenvalue weighted by molar-refractivity contribution is 8.14. The first kappa shape index (κ1) is 20.0. The van der Waals surface area contributed by atoms with Crippen LogP contribution in [0.15, 0.2) is 0 Å². The minimum atomic E-state index is -1.12. The molecule has 1 aliphatic heterocycles. The summed E-state index contributed by atoms with van der Waals surface area (Å²) in [5, 5.41) is 28.1. The van der Waals surface area contributed by atoms with Gasteiger partial charge in [-0.3, -0.25) is 5.41 Å². The summed E-state index contributed by atoms with van der Waals surface area (Å²) in [4.78, 5) is 15.0. The van der Waals surface area contributed by atoms with Crippen molar-refractivity contribution in [1.82, 2.24) is 9.80 Å². The molecular weight excluding hydrogens is 322 g/mol. The van der Waals surface area contributed by atoms with Crippen molar-refractivity contribution < 1.29 is 24.5 Å². The Kier molecular flexibility index (Phi) is 8.10. The van der Waals surface area contributed by atoms with Crippen molar-refractivity contribution in [3.63, 3.8) is 0 Å². The second-order valence-corrected chi connectivity index (χ2v) is 6.61. The molecule has 9 heteroatoms. The highest BCUT2D eigenvalue weighted by Gasteiger charge is 2.38. The highest BCUT2D eigenvalue weighted by atomic mass is 32.2.